The van der Waals surface area contributed by atoms with E-state index in [2.05, 4.69) is 24.1 Å². The maximum absolute atomic E-state index is 10.8. The lowest BCUT2D eigenvalue weighted by Gasteiger charge is -2.17. The second-order valence-corrected chi connectivity index (χ2v) is 4.67. The largest absolute Gasteiger partial charge is 0.352 e. The average molecular weight is 198 g/mol. The molecule has 1 rings (SSSR count). The molecule has 1 aliphatic heterocycles. The van der Waals surface area contributed by atoms with Crippen molar-refractivity contribution in [2.24, 2.45) is 5.92 Å². The van der Waals surface area contributed by atoms with Crippen molar-refractivity contribution >= 4 is 5.91 Å². The minimum Gasteiger partial charge on any atom is -0.352 e. The third kappa shape index (κ3) is 4.09. The van der Waals surface area contributed by atoms with E-state index < -0.39 is 0 Å². The first-order valence-corrected chi connectivity index (χ1v) is 5.57. The Morgan fingerprint density at radius 3 is 2.86 bits per heavy atom. The number of likely N-dealkylation sites (tertiary alicyclic amines) is 1. The molecular weight excluding hydrogens is 176 g/mol. The van der Waals surface area contributed by atoms with Crippen molar-refractivity contribution in [3.05, 3.63) is 0 Å². The van der Waals surface area contributed by atoms with E-state index >= 15 is 0 Å². The second kappa shape index (κ2) is 5.35. The Morgan fingerprint density at radius 1 is 1.57 bits per heavy atom. The van der Waals surface area contributed by atoms with Crippen molar-refractivity contribution in [2.75, 3.05) is 19.6 Å². The van der Waals surface area contributed by atoms with E-state index in [9.17, 15) is 4.79 Å². The van der Waals surface area contributed by atoms with E-state index in [4.69, 9.17) is 0 Å². The summed E-state index contributed by atoms with van der Waals surface area (Å²) in [5.74, 6) is 0.871. The molecule has 1 amide bonds. The van der Waals surface area contributed by atoms with Crippen molar-refractivity contribution in [2.45, 2.75) is 39.7 Å². The summed E-state index contributed by atoms with van der Waals surface area (Å²) in [5, 5.41) is 2.98. The molecule has 0 saturated carbocycles. The van der Waals surface area contributed by atoms with Gasteiger partial charge in [-0.3, -0.25) is 4.79 Å². The van der Waals surface area contributed by atoms with E-state index in [1.54, 1.807) is 6.92 Å². The molecule has 0 bridgehead atoms. The van der Waals surface area contributed by atoms with Crippen LogP contribution in [0.25, 0.3) is 0 Å². The predicted molar refractivity (Wildman–Crippen MR) is 58.1 cm³/mol. The molecule has 0 aromatic carbocycles. The molecule has 1 N–H and O–H groups in total. The van der Waals surface area contributed by atoms with Crippen LogP contribution in [0.1, 0.15) is 33.6 Å². The van der Waals surface area contributed by atoms with Crippen LogP contribution in [-0.4, -0.2) is 36.5 Å². The first-order valence-electron chi connectivity index (χ1n) is 5.57. The van der Waals surface area contributed by atoms with Gasteiger partial charge in [0.15, 0.2) is 0 Å². The van der Waals surface area contributed by atoms with Crippen molar-refractivity contribution in [1.82, 2.24) is 10.2 Å². The van der Waals surface area contributed by atoms with Gasteiger partial charge in [0.1, 0.15) is 0 Å². The van der Waals surface area contributed by atoms with Crippen molar-refractivity contribution in [1.29, 1.82) is 0 Å². The Bertz CT molecular complexity index is 192. The highest BCUT2D eigenvalue weighted by Crippen LogP contribution is 2.11. The normalized spacial score (nSPS) is 23.0. The minimum absolute atomic E-state index is 0.0979. The third-order valence-corrected chi connectivity index (χ3v) is 2.70. The van der Waals surface area contributed by atoms with Crippen LogP contribution < -0.4 is 5.32 Å². The standard InChI is InChI=1S/C11H22N2O/c1-9(2)4-6-13-7-5-11(8-13)12-10(3)14/h9,11H,4-8H2,1-3H3,(H,12,14)/t11-/m0/s1. The van der Waals surface area contributed by atoms with E-state index in [1.807, 2.05) is 0 Å². The molecule has 0 aliphatic carbocycles. The Kier molecular flexibility index (Phi) is 4.39. The van der Waals surface area contributed by atoms with Gasteiger partial charge < -0.3 is 10.2 Å². The molecule has 3 nitrogen and oxygen atoms in total. The van der Waals surface area contributed by atoms with E-state index in [0.717, 1.165) is 25.4 Å². The van der Waals surface area contributed by atoms with Crippen LogP contribution in [0.2, 0.25) is 0 Å². The van der Waals surface area contributed by atoms with Gasteiger partial charge in [-0.05, 0) is 25.3 Å². The van der Waals surface area contributed by atoms with Gasteiger partial charge in [0.2, 0.25) is 5.91 Å². The van der Waals surface area contributed by atoms with Crippen LogP contribution in [0.4, 0.5) is 0 Å². The lowest BCUT2D eigenvalue weighted by atomic mass is 10.1. The topological polar surface area (TPSA) is 32.3 Å². The lowest BCUT2D eigenvalue weighted by Crippen LogP contribution is -2.35. The van der Waals surface area contributed by atoms with E-state index in [1.165, 1.54) is 13.0 Å². The summed E-state index contributed by atoms with van der Waals surface area (Å²) in [6.07, 6.45) is 2.37. The van der Waals surface area contributed by atoms with Gasteiger partial charge in [-0.1, -0.05) is 13.8 Å². The smallest absolute Gasteiger partial charge is 0.217 e. The van der Waals surface area contributed by atoms with Crippen molar-refractivity contribution in [3.8, 4) is 0 Å². The molecule has 3 heteroatoms. The fraction of sp³-hybridized carbons (Fsp3) is 0.909. The minimum atomic E-state index is 0.0979. The highest BCUT2D eigenvalue weighted by atomic mass is 16.1. The van der Waals surface area contributed by atoms with Crippen LogP contribution in [0.3, 0.4) is 0 Å². The van der Waals surface area contributed by atoms with Crippen LogP contribution >= 0.6 is 0 Å². The fourth-order valence-corrected chi connectivity index (χ4v) is 1.88. The number of hydrogen-bond donors (Lipinski definition) is 1. The summed E-state index contributed by atoms with van der Waals surface area (Å²) in [4.78, 5) is 13.3. The maximum atomic E-state index is 10.8. The molecular formula is C11H22N2O. The van der Waals surface area contributed by atoms with Gasteiger partial charge in [-0.15, -0.1) is 0 Å². The number of amides is 1. The molecule has 1 aliphatic rings. The zero-order valence-electron chi connectivity index (χ0n) is 9.55. The Labute approximate surface area is 86.9 Å². The summed E-state index contributed by atoms with van der Waals surface area (Å²) >= 11 is 0. The highest BCUT2D eigenvalue weighted by molar-refractivity contribution is 5.73. The van der Waals surface area contributed by atoms with Crippen LogP contribution in [0.5, 0.6) is 0 Å². The molecule has 1 atom stereocenters. The molecule has 0 spiro atoms. The monoisotopic (exact) mass is 198 g/mol. The summed E-state index contributed by atoms with van der Waals surface area (Å²) in [6, 6.07) is 0.389. The lowest BCUT2D eigenvalue weighted by molar-refractivity contribution is -0.119. The predicted octanol–water partition coefficient (Wildman–Crippen LogP) is 1.24. The molecule has 82 valence electrons. The second-order valence-electron chi connectivity index (χ2n) is 4.67. The number of nitrogens with one attached hydrogen (secondary N) is 1. The highest BCUT2D eigenvalue weighted by Gasteiger charge is 2.22. The maximum Gasteiger partial charge on any atom is 0.217 e. The first-order chi connectivity index (χ1) is 6.58. The Morgan fingerprint density at radius 2 is 2.29 bits per heavy atom. The fourth-order valence-electron chi connectivity index (χ4n) is 1.88. The molecule has 1 saturated heterocycles. The third-order valence-electron chi connectivity index (χ3n) is 2.70. The molecule has 0 aromatic rings. The van der Waals surface area contributed by atoms with Crippen molar-refractivity contribution < 1.29 is 4.79 Å². The van der Waals surface area contributed by atoms with Gasteiger partial charge in [0.25, 0.3) is 0 Å². The van der Waals surface area contributed by atoms with Crippen molar-refractivity contribution in [3.63, 3.8) is 0 Å². The molecule has 0 unspecified atom stereocenters. The summed E-state index contributed by atoms with van der Waals surface area (Å²) in [6.45, 7) is 9.44. The first kappa shape index (κ1) is 11.5. The van der Waals surface area contributed by atoms with E-state index in [0.29, 0.717) is 6.04 Å². The number of rotatable bonds is 4. The zero-order chi connectivity index (χ0) is 10.6. The summed E-state index contributed by atoms with van der Waals surface area (Å²) in [7, 11) is 0. The van der Waals surface area contributed by atoms with Crippen LogP contribution in [0.15, 0.2) is 0 Å². The SMILES string of the molecule is CC(=O)N[C@H]1CCN(CCC(C)C)C1. The Hall–Kier alpha value is -0.570. The van der Waals surface area contributed by atoms with Gasteiger partial charge in [0, 0.05) is 26.1 Å². The zero-order valence-corrected chi connectivity index (χ0v) is 9.55. The van der Waals surface area contributed by atoms with Crippen LogP contribution in [-0.2, 0) is 4.79 Å². The Balaban J connectivity index is 2.17. The van der Waals surface area contributed by atoms with Gasteiger partial charge in [0.05, 0.1) is 0 Å². The number of carbonyl (C=O) groups is 1. The molecule has 0 radical (unpaired) electrons. The molecule has 14 heavy (non-hydrogen) atoms. The van der Waals surface area contributed by atoms with Gasteiger partial charge in [-0.25, -0.2) is 0 Å². The molecule has 1 fully saturated rings. The number of carbonyl (C=O) groups excluding carboxylic acids is 1. The molecule has 1 heterocycles. The molecule has 0 aromatic heterocycles. The van der Waals surface area contributed by atoms with Crippen LogP contribution in [0, 0.1) is 5.92 Å². The number of nitrogens with zero attached hydrogens (tertiary/aromatic N) is 1. The summed E-state index contributed by atoms with van der Waals surface area (Å²) in [5.41, 5.74) is 0. The van der Waals surface area contributed by atoms with Gasteiger partial charge >= 0.3 is 0 Å². The van der Waals surface area contributed by atoms with E-state index in [-0.39, 0.29) is 5.91 Å². The summed E-state index contributed by atoms with van der Waals surface area (Å²) < 4.78 is 0. The average Bonchev–Trinajstić information content (AvgIpc) is 2.47. The van der Waals surface area contributed by atoms with Gasteiger partial charge in [-0.2, -0.15) is 0 Å². The number of hydrogen-bond acceptors (Lipinski definition) is 2. The quantitative estimate of drug-likeness (QED) is 0.737.